The van der Waals surface area contributed by atoms with Gasteiger partial charge in [-0.05, 0) is 49.1 Å². The molecule has 2 aromatic rings. The van der Waals surface area contributed by atoms with Crippen molar-refractivity contribution in [3.05, 3.63) is 46.6 Å². The number of ether oxygens (including phenoxy) is 1. The van der Waals surface area contributed by atoms with Crippen molar-refractivity contribution in [1.82, 2.24) is 15.5 Å². The van der Waals surface area contributed by atoms with Crippen LogP contribution in [0.15, 0.2) is 30.3 Å². The van der Waals surface area contributed by atoms with Crippen molar-refractivity contribution in [2.75, 3.05) is 0 Å². The Morgan fingerprint density at radius 2 is 2.10 bits per heavy atom. The fraction of sp³-hybridized carbons (Fsp3) is 0.375. The Hall–Kier alpha value is -1.65. The summed E-state index contributed by atoms with van der Waals surface area (Å²) in [6.07, 6.45) is 3.41. The van der Waals surface area contributed by atoms with E-state index in [9.17, 15) is 0 Å². The first-order chi connectivity index (χ1) is 10.2. The zero-order valence-electron chi connectivity index (χ0n) is 12.0. The van der Waals surface area contributed by atoms with Gasteiger partial charge in [0.05, 0.1) is 5.69 Å². The fourth-order valence-electron chi connectivity index (χ4n) is 2.04. The molecule has 0 aliphatic heterocycles. The summed E-state index contributed by atoms with van der Waals surface area (Å²) in [5, 5.41) is 12.4. The number of nitrogens with zero attached hydrogens (tertiary/aromatic N) is 2. The molecule has 1 aliphatic carbocycles. The summed E-state index contributed by atoms with van der Waals surface area (Å²) in [7, 11) is 0. The molecule has 1 saturated carbocycles. The first-order valence-electron chi connectivity index (χ1n) is 7.27. The van der Waals surface area contributed by atoms with E-state index in [1.807, 2.05) is 30.3 Å². The first-order valence-corrected chi connectivity index (χ1v) is 7.64. The van der Waals surface area contributed by atoms with Crippen molar-refractivity contribution in [1.29, 1.82) is 0 Å². The van der Waals surface area contributed by atoms with E-state index >= 15 is 0 Å². The molecule has 0 amide bonds. The topological polar surface area (TPSA) is 47.0 Å². The van der Waals surface area contributed by atoms with Crippen LogP contribution in [0.4, 0.5) is 0 Å². The highest BCUT2D eigenvalue weighted by atomic mass is 35.5. The maximum atomic E-state index is 6.09. The SMILES string of the molecule is CCc1cc(Oc2ccc(CNC3CC3)nn2)ccc1Cl. The molecular weight excluding hydrogens is 286 g/mol. The molecule has 0 atom stereocenters. The number of benzene rings is 1. The summed E-state index contributed by atoms with van der Waals surface area (Å²) >= 11 is 6.09. The minimum Gasteiger partial charge on any atom is -0.438 e. The number of rotatable bonds is 6. The van der Waals surface area contributed by atoms with Gasteiger partial charge in [-0.2, -0.15) is 5.10 Å². The van der Waals surface area contributed by atoms with E-state index in [2.05, 4.69) is 22.4 Å². The van der Waals surface area contributed by atoms with E-state index in [-0.39, 0.29) is 0 Å². The van der Waals surface area contributed by atoms with Gasteiger partial charge < -0.3 is 10.1 Å². The average Bonchev–Trinajstić information content (AvgIpc) is 3.33. The molecule has 0 saturated heterocycles. The molecule has 0 unspecified atom stereocenters. The van der Waals surface area contributed by atoms with Crippen LogP contribution in [0.1, 0.15) is 31.0 Å². The minimum absolute atomic E-state index is 0.495. The second kappa shape index (κ2) is 6.41. The lowest BCUT2D eigenvalue weighted by atomic mass is 10.1. The summed E-state index contributed by atoms with van der Waals surface area (Å²) < 4.78 is 5.72. The van der Waals surface area contributed by atoms with E-state index in [1.165, 1.54) is 12.8 Å². The van der Waals surface area contributed by atoms with Gasteiger partial charge in [-0.3, -0.25) is 0 Å². The summed E-state index contributed by atoms with van der Waals surface area (Å²) in [4.78, 5) is 0. The standard InChI is InChI=1S/C16H18ClN3O/c1-2-11-9-14(6-7-15(11)17)21-16-8-5-13(19-20-16)10-18-12-3-4-12/h5-9,12,18H,2-4,10H2,1H3. The number of aromatic nitrogens is 2. The normalized spacial score (nSPS) is 14.2. The highest BCUT2D eigenvalue weighted by molar-refractivity contribution is 6.31. The third-order valence-electron chi connectivity index (χ3n) is 3.47. The fourth-order valence-corrected chi connectivity index (χ4v) is 2.29. The maximum absolute atomic E-state index is 6.09. The predicted octanol–water partition coefficient (Wildman–Crippen LogP) is 3.74. The lowest BCUT2D eigenvalue weighted by Gasteiger charge is -2.08. The van der Waals surface area contributed by atoms with Gasteiger partial charge in [0.25, 0.3) is 0 Å². The highest BCUT2D eigenvalue weighted by Gasteiger charge is 2.20. The molecule has 0 bridgehead atoms. The monoisotopic (exact) mass is 303 g/mol. The largest absolute Gasteiger partial charge is 0.438 e. The van der Waals surface area contributed by atoms with Crippen LogP contribution in [0.25, 0.3) is 0 Å². The van der Waals surface area contributed by atoms with E-state index in [0.717, 1.165) is 35.0 Å². The molecule has 5 heteroatoms. The Balaban J connectivity index is 1.63. The molecule has 0 spiro atoms. The van der Waals surface area contributed by atoms with Gasteiger partial charge in [0.2, 0.25) is 5.88 Å². The van der Waals surface area contributed by atoms with Crippen LogP contribution < -0.4 is 10.1 Å². The Bertz CT molecular complexity index is 611. The van der Waals surface area contributed by atoms with E-state index in [0.29, 0.717) is 11.9 Å². The molecule has 1 N–H and O–H groups in total. The van der Waals surface area contributed by atoms with Gasteiger partial charge in [-0.25, -0.2) is 0 Å². The van der Waals surface area contributed by atoms with Gasteiger partial charge in [-0.15, -0.1) is 5.10 Å². The summed E-state index contributed by atoms with van der Waals surface area (Å²) in [6, 6.07) is 10.1. The predicted molar refractivity (Wildman–Crippen MR) is 82.8 cm³/mol. The molecule has 1 heterocycles. The average molecular weight is 304 g/mol. The third kappa shape index (κ3) is 3.93. The molecular formula is C16H18ClN3O. The van der Waals surface area contributed by atoms with Crippen LogP contribution in [0.2, 0.25) is 5.02 Å². The second-order valence-corrected chi connectivity index (χ2v) is 5.63. The van der Waals surface area contributed by atoms with Crippen LogP contribution in [0, 0.1) is 0 Å². The number of hydrogen-bond acceptors (Lipinski definition) is 4. The van der Waals surface area contributed by atoms with E-state index in [4.69, 9.17) is 16.3 Å². The number of halogens is 1. The molecule has 110 valence electrons. The van der Waals surface area contributed by atoms with Gasteiger partial charge in [0.15, 0.2) is 0 Å². The zero-order valence-corrected chi connectivity index (χ0v) is 12.7. The van der Waals surface area contributed by atoms with Gasteiger partial charge in [-0.1, -0.05) is 18.5 Å². The Kier molecular flexibility index (Phi) is 4.36. The van der Waals surface area contributed by atoms with Crippen LogP contribution >= 0.6 is 11.6 Å². The Morgan fingerprint density at radius 3 is 2.76 bits per heavy atom. The van der Waals surface area contributed by atoms with Gasteiger partial charge in [0.1, 0.15) is 5.75 Å². The summed E-state index contributed by atoms with van der Waals surface area (Å²) in [5.74, 6) is 1.23. The molecule has 1 aromatic carbocycles. The lowest BCUT2D eigenvalue weighted by molar-refractivity contribution is 0.452. The first kappa shape index (κ1) is 14.3. The van der Waals surface area contributed by atoms with E-state index in [1.54, 1.807) is 0 Å². The van der Waals surface area contributed by atoms with Crippen molar-refractivity contribution in [3.63, 3.8) is 0 Å². The number of nitrogens with one attached hydrogen (secondary N) is 1. The van der Waals surface area contributed by atoms with Crippen molar-refractivity contribution in [3.8, 4) is 11.6 Å². The van der Waals surface area contributed by atoms with Crippen LogP contribution in [0.3, 0.4) is 0 Å². The molecule has 1 fully saturated rings. The number of aryl methyl sites for hydroxylation is 1. The summed E-state index contributed by atoms with van der Waals surface area (Å²) in [5.41, 5.74) is 1.99. The molecule has 4 nitrogen and oxygen atoms in total. The molecule has 21 heavy (non-hydrogen) atoms. The minimum atomic E-state index is 0.495. The molecule has 1 aromatic heterocycles. The maximum Gasteiger partial charge on any atom is 0.238 e. The van der Waals surface area contributed by atoms with Crippen molar-refractivity contribution < 1.29 is 4.74 Å². The van der Waals surface area contributed by atoms with Crippen molar-refractivity contribution in [2.45, 2.75) is 38.8 Å². The number of hydrogen-bond donors (Lipinski definition) is 1. The Labute approximate surface area is 129 Å². The van der Waals surface area contributed by atoms with Crippen molar-refractivity contribution >= 4 is 11.6 Å². The van der Waals surface area contributed by atoms with Crippen molar-refractivity contribution in [2.24, 2.45) is 0 Å². The Morgan fingerprint density at radius 1 is 1.24 bits per heavy atom. The summed E-state index contributed by atoms with van der Waals surface area (Å²) in [6.45, 7) is 2.82. The molecule has 3 rings (SSSR count). The highest BCUT2D eigenvalue weighted by Crippen LogP contribution is 2.25. The molecule has 0 radical (unpaired) electrons. The zero-order chi connectivity index (χ0) is 14.7. The smallest absolute Gasteiger partial charge is 0.238 e. The van der Waals surface area contributed by atoms with Gasteiger partial charge >= 0.3 is 0 Å². The van der Waals surface area contributed by atoms with Crippen LogP contribution in [-0.2, 0) is 13.0 Å². The molecule has 1 aliphatic rings. The lowest BCUT2D eigenvalue weighted by Crippen LogP contribution is -2.16. The van der Waals surface area contributed by atoms with Crippen LogP contribution in [-0.4, -0.2) is 16.2 Å². The third-order valence-corrected chi connectivity index (χ3v) is 3.83. The quantitative estimate of drug-likeness (QED) is 0.883. The van der Waals surface area contributed by atoms with E-state index < -0.39 is 0 Å². The van der Waals surface area contributed by atoms with Crippen LogP contribution in [0.5, 0.6) is 11.6 Å². The second-order valence-electron chi connectivity index (χ2n) is 5.23. The van der Waals surface area contributed by atoms with Gasteiger partial charge in [0, 0.05) is 23.7 Å².